The summed E-state index contributed by atoms with van der Waals surface area (Å²) >= 11 is 0. The fraction of sp³-hybridized carbons (Fsp3) is 0.333. The fourth-order valence-electron chi connectivity index (χ4n) is 4.27. The molecule has 2 N–H and O–H groups in total. The first kappa shape index (κ1) is 27.4. The highest BCUT2D eigenvalue weighted by atomic mass is 19.1. The second kappa shape index (κ2) is 13.2. The van der Waals surface area contributed by atoms with Gasteiger partial charge in [-0.3, -0.25) is 9.69 Å². The van der Waals surface area contributed by atoms with Crippen LogP contribution in [-0.4, -0.2) is 70.6 Å². The molecular weight excluding hydrogens is 481 g/mol. The first-order valence-electron chi connectivity index (χ1n) is 11.8. The molecule has 0 bridgehead atoms. The number of piperidine rings is 1. The Morgan fingerprint density at radius 1 is 1.08 bits per heavy atom. The number of likely N-dealkylation sites (tertiary alicyclic amines) is 1. The van der Waals surface area contributed by atoms with E-state index in [0.717, 1.165) is 50.1 Å². The average Bonchev–Trinajstić information content (AvgIpc) is 3.19. The molecular formula is C27H28FN3O6. The van der Waals surface area contributed by atoms with Crippen molar-refractivity contribution in [2.45, 2.75) is 19.4 Å². The largest absolute Gasteiger partial charge is 0.492 e. The topological polar surface area (TPSA) is 131 Å². The van der Waals surface area contributed by atoms with Gasteiger partial charge in [0.25, 0.3) is 5.91 Å². The molecule has 2 heterocycles. The van der Waals surface area contributed by atoms with E-state index in [0.29, 0.717) is 42.5 Å². The molecule has 9 nitrogen and oxygen atoms in total. The first-order valence-corrected chi connectivity index (χ1v) is 11.8. The number of aliphatic carboxylic acids is 2. The number of amides is 1. The summed E-state index contributed by atoms with van der Waals surface area (Å²) in [7, 11) is 0. The van der Waals surface area contributed by atoms with E-state index < -0.39 is 11.9 Å². The molecule has 37 heavy (non-hydrogen) atoms. The minimum Gasteiger partial charge on any atom is -0.492 e. The van der Waals surface area contributed by atoms with Crippen LogP contribution < -0.4 is 4.74 Å². The Labute approximate surface area is 214 Å². The van der Waals surface area contributed by atoms with Gasteiger partial charge in [-0.05, 0) is 79.9 Å². The van der Waals surface area contributed by atoms with Crippen molar-refractivity contribution >= 4 is 17.8 Å². The molecule has 2 aromatic rings. The van der Waals surface area contributed by atoms with Crippen molar-refractivity contribution in [3.8, 4) is 11.8 Å². The quantitative estimate of drug-likeness (QED) is 0.519. The zero-order chi connectivity index (χ0) is 26.8. The van der Waals surface area contributed by atoms with Gasteiger partial charge >= 0.3 is 11.9 Å². The van der Waals surface area contributed by atoms with Crippen molar-refractivity contribution in [3.63, 3.8) is 0 Å². The number of carboxylic acids is 2. The van der Waals surface area contributed by atoms with Crippen LogP contribution in [0.15, 0.2) is 54.6 Å². The molecule has 1 saturated heterocycles. The highest BCUT2D eigenvalue weighted by Crippen LogP contribution is 2.27. The molecule has 2 aromatic carbocycles. The van der Waals surface area contributed by atoms with Crippen LogP contribution in [0.1, 0.15) is 34.3 Å². The number of fused-ring (bicyclic) bond motifs is 1. The van der Waals surface area contributed by atoms with Crippen LogP contribution in [0.2, 0.25) is 0 Å². The molecule has 0 spiro atoms. The highest BCUT2D eigenvalue weighted by Gasteiger charge is 2.30. The summed E-state index contributed by atoms with van der Waals surface area (Å²) in [5.74, 6) is -1.50. The summed E-state index contributed by atoms with van der Waals surface area (Å²) in [6.45, 7) is 4.79. The average molecular weight is 510 g/mol. The number of ether oxygens (including phenoxy) is 1. The maximum Gasteiger partial charge on any atom is 0.328 e. The standard InChI is InChI=1S/C23H24FN3O2.C4H4O4/c24-20-2-4-21(5-3-20)29-12-11-26-9-7-17(8-10-26)15-27-16-19-13-18(14-25)1-6-22(19)23(27)28;5-3(6)1-2-4(7)8/h1-6,13,17H,7-12,15-16H2;1-2H,(H,5,6)(H,7,8). The summed E-state index contributed by atoms with van der Waals surface area (Å²) in [5, 5.41) is 24.7. The van der Waals surface area contributed by atoms with E-state index in [2.05, 4.69) is 11.0 Å². The predicted molar refractivity (Wildman–Crippen MR) is 131 cm³/mol. The number of carbonyl (C=O) groups is 3. The summed E-state index contributed by atoms with van der Waals surface area (Å²) < 4.78 is 18.6. The SMILES string of the molecule is N#Cc1ccc2c(c1)CN(CC1CCN(CCOc3ccc(F)cc3)CC1)C2=O.O=C(O)C=CC(=O)O. The molecule has 2 aliphatic rings. The Morgan fingerprint density at radius 2 is 1.73 bits per heavy atom. The number of halogens is 1. The maximum absolute atomic E-state index is 12.9. The number of nitrogens with zero attached hydrogens (tertiary/aromatic N) is 3. The second-order valence-electron chi connectivity index (χ2n) is 8.77. The molecule has 0 aliphatic carbocycles. The van der Waals surface area contributed by atoms with Gasteiger partial charge in [-0.2, -0.15) is 5.26 Å². The molecule has 0 aromatic heterocycles. The molecule has 0 unspecified atom stereocenters. The zero-order valence-corrected chi connectivity index (χ0v) is 20.2. The van der Waals surface area contributed by atoms with E-state index in [9.17, 15) is 18.8 Å². The van der Waals surface area contributed by atoms with E-state index in [1.54, 1.807) is 24.3 Å². The molecule has 2 aliphatic heterocycles. The van der Waals surface area contributed by atoms with E-state index in [-0.39, 0.29) is 11.7 Å². The Bertz CT molecular complexity index is 1170. The van der Waals surface area contributed by atoms with Crippen molar-refractivity contribution < 1.29 is 33.7 Å². The van der Waals surface area contributed by atoms with Gasteiger partial charge in [-0.1, -0.05) is 0 Å². The summed E-state index contributed by atoms with van der Waals surface area (Å²) in [5.41, 5.74) is 2.30. The molecule has 0 atom stereocenters. The van der Waals surface area contributed by atoms with Crippen LogP contribution in [0.4, 0.5) is 4.39 Å². The van der Waals surface area contributed by atoms with Crippen LogP contribution in [0, 0.1) is 23.1 Å². The van der Waals surface area contributed by atoms with Crippen molar-refractivity contribution in [2.75, 3.05) is 32.8 Å². The van der Waals surface area contributed by atoms with Gasteiger partial charge in [0.05, 0.1) is 11.6 Å². The van der Waals surface area contributed by atoms with Gasteiger partial charge in [-0.15, -0.1) is 0 Å². The number of hydrogen-bond acceptors (Lipinski definition) is 6. The van der Waals surface area contributed by atoms with Gasteiger partial charge in [0.15, 0.2) is 0 Å². The van der Waals surface area contributed by atoms with Gasteiger partial charge < -0.3 is 19.8 Å². The number of carbonyl (C=O) groups excluding carboxylic acids is 1. The number of carboxylic acid groups (broad SMARTS) is 2. The monoisotopic (exact) mass is 509 g/mol. The highest BCUT2D eigenvalue weighted by molar-refractivity contribution is 5.98. The van der Waals surface area contributed by atoms with Crippen LogP contribution in [-0.2, 0) is 16.1 Å². The number of benzene rings is 2. The van der Waals surface area contributed by atoms with E-state index in [4.69, 9.17) is 20.2 Å². The van der Waals surface area contributed by atoms with Crippen molar-refractivity contribution in [1.82, 2.24) is 9.80 Å². The predicted octanol–water partition coefficient (Wildman–Crippen LogP) is 3.16. The lowest BCUT2D eigenvalue weighted by molar-refractivity contribution is -0.134. The van der Waals surface area contributed by atoms with Gasteiger partial charge in [0.2, 0.25) is 0 Å². The van der Waals surface area contributed by atoms with E-state index in [1.165, 1.54) is 12.1 Å². The third kappa shape index (κ3) is 8.44. The fourth-order valence-corrected chi connectivity index (χ4v) is 4.27. The van der Waals surface area contributed by atoms with Gasteiger partial charge in [0.1, 0.15) is 18.2 Å². The maximum atomic E-state index is 12.9. The van der Waals surface area contributed by atoms with Crippen LogP contribution in [0.25, 0.3) is 0 Å². The van der Waals surface area contributed by atoms with Crippen molar-refractivity contribution in [2.24, 2.45) is 5.92 Å². The molecule has 0 saturated carbocycles. The molecule has 194 valence electrons. The minimum atomic E-state index is -1.26. The Morgan fingerprint density at radius 3 is 2.32 bits per heavy atom. The van der Waals surface area contributed by atoms with E-state index in [1.807, 2.05) is 11.0 Å². The third-order valence-corrected chi connectivity index (χ3v) is 6.16. The van der Waals surface area contributed by atoms with Crippen LogP contribution in [0.5, 0.6) is 5.75 Å². The first-order chi connectivity index (χ1) is 17.7. The van der Waals surface area contributed by atoms with Gasteiger partial charge in [-0.25, -0.2) is 14.0 Å². The normalized spacial score (nSPS) is 15.6. The molecule has 0 radical (unpaired) electrons. The summed E-state index contributed by atoms with van der Waals surface area (Å²) in [6.07, 6.45) is 3.23. The lowest BCUT2D eigenvalue weighted by Gasteiger charge is -2.33. The number of nitriles is 1. The summed E-state index contributed by atoms with van der Waals surface area (Å²) in [4.78, 5) is 36.0. The lowest BCUT2D eigenvalue weighted by atomic mass is 9.96. The number of rotatable bonds is 8. The molecule has 10 heteroatoms. The lowest BCUT2D eigenvalue weighted by Crippen LogP contribution is -2.40. The molecule has 4 rings (SSSR count). The smallest absolute Gasteiger partial charge is 0.328 e. The van der Waals surface area contributed by atoms with Gasteiger partial charge in [0, 0.05) is 37.3 Å². The Kier molecular flexibility index (Phi) is 9.75. The van der Waals surface area contributed by atoms with Crippen LogP contribution in [0.3, 0.4) is 0 Å². The number of hydrogen-bond donors (Lipinski definition) is 2. The Balaban J connectivity index is 0.000000414. The van der Waals surface area contributed by atoms with Crippen molar-refractivity contribution in [1.29, 1.82) is 5.26 Å². The molecule has 1 amide bonds. The van der Waals surface area contributed by atoms with E-state index >= 15 is 0 Å². The second-order valence-corrected chi connectivity index (χ2v) is 8.77. The summed E-state index contributed by atoms with van der Waals surface area (Å²) in [6, 6.07) is 13.6. The minimum absolute atomic E-state index is 0.0830. The van der Waals surface area contributed by atoms with Crippen molar-refractivity contribution in [3.05, 3.63) is 77.1 Å². The third-order valence-electron chi connectivity index (χ3n) is 6.16. The molecule has 1 fully saturated rings. The van der Waals surface area contributed by atoms with Crippen LogP contribution >= 0.6 is 0 Å². The Hall–Kier alpha value is -4.23. The zero-order valence-electron chi connectivity index (χ0n) is 20.2.